The molecule has 1 amide bonds. The van der Waals surface area contributed by atoms with Gasteiger partial charge in [0.1, 0.15) is 27.2 Å². The molecule has 11 nitrogen and oxygen atoms in total. The lowest BCUT2D eigenvalue weighted by molar-refractivity contribution is -0.125. The minimum Gasteiger partial charge on any atom is -0.496 e. The van der Waals surface area contributed by atoms with Gasteiger partial charge in [0.15, 0.2) is 0 Å². The molecule has 0 saturated carbocycles. The summed E-state index contributed by atoms with van der Waals surface area (Å²) in [6, 6.07) is 11.0. The summed E-state index contributed by atoms with van der Waals surface area (Å²) in [6.45, 7) is 4.74. The van der Waals surface area contributed by atoms with Crippen LogP contribution >= 0.6 is 11.3 Å². The molecule has 2 N–H and O–H groups in total. The van der Waals surface area contributed by atoms with Gasteiger partial charge in [-0.15, -0.1) is 0 Å². The van der Waals surface area contributed by atoms with Crippen molar-refractivity contribution in [2.45, 2.75) is 45.4 Å². The number of rotatable bonds is 10. The summed E-state index contributed by atoms with van der Waals surface area (Å²) >= 11 is 1.23. The van der Waals surface area contributed by atoms with Gasteiger partial charge in [-0.2, -0.15) is 10.4 Å². The Morgan fingerprint density at radius 3 is 2.63 bits per heavy atom. The third-order valence-electron chi connectivity index (χ3n) is 6.43. The fraction of sp³-hybridized carbons (Fsp3) is 0.346. The molecule has 0 saturated heterocycles. The van der Waals surface area contributed by atoms with E-state index in [-0.39, 0.29) is 25.0 Å². The second kappa shape index (κ2) is 10.6. The number of aromatic nitrogens is 4. The maximum absolute atomic E-state index is 14.0. The van der Waals surface area contributed by atoms with Crippen LogP contribution in [0, 0.1) is 18.3 Å². The van der Waals surface area contributed by atoms with Gasteiger partial charge in [0, 0.05) is 23.5 Å². The van der Waals surface area contributed by atoms with Crippen LogP contribution in [0.3, 0.4) is 0 Å². The number of primary amides is 1. The molecule has 0 aliphatic heterocycles. The number of nitrogens with two attached hydrogens (primary N) is 1. The molecule has 12 heteroatoms. The molecule has 198 valence electrons. The molecule has 0 aliphatic rings. The third-order valence-corrected chi connectivity index (χ3v) is 7.73. The number of aryl methyl sites for hydroxylation is 1. The Bertz CT molecular complexity index is 1640. The van der Waals surface area contributed by atoms with Crippen LogP contribution in [0.4, 0.5) is 0 Å². The van der Waals surface area contributed by atoms with Gasteiger partial charge >= 0.3 is 5.69 Å². The van der Waals surface area contributed by atoms with Crippen LogP contribution in [0.15, 0.2) is 52.3 Å². The van der Waals surface area contributed by atoms with Crippen LogP contribution in [0.1, 0.15) is 37.5 Å². The van der Waals surface area contributed by atoms with E-state index in [4.69, 9.17) is 20.5 Å². The highest BCUT2D eigenvalue weighted by Crippen LogP contribution is 2.34. The van der Waals surface area contributed by atoms with Crippen LogP contribution in [0.5, 0.6) is 5.75 Å². The standard InChI is InChI=1S/C26H28N6O5S/c1-16-20-21(33)32(26(2,3)24(28)34)25(35)30(23(20)38-22(16)31-13-8-12-29-31)15-19(37-14-7-11-27)17-9-5-6-10-18(17)36-4/h5-6,8-10,12-13,19H,7,14-15H2,1-4H3,(H2,28,34)/t19-/m0/s1. The van der Waals surface area contributed by atoms with Crippen LogP contribution < -0.4 is 21.7 Å². The van der Waals surface area contributed by atoms with Gasteiger partial charge in [-0.25, -0.2) is 14.0 Å². The SMILES string of the molecule is COc1ccccc1[C@H](Cn1c(=O)n(C(C)(C)C(N)=O)c(=O)c2c(C)c(-n3cccn3)sc21)OCCC#N. The van der Waals surface area contributed by atoms with Crippen molar-refractivity contribution in [3.05, 3.63) is 74.7 Å². The second-order valence-corrected chi connectivity index (χ2v) is 10.1. The zero-order chi connectivity index (χ0) is 27.6. The Labute approximate surface area is 222 Å². The fourth-order valence-corrected chi connectivity index (χ4v) is 5.54. The van der Waals surface area contributed by atoms with Gasteiger partial charge in [-0.3, -0.25) is 14.2 Å². The van der Waals surface area contributed by atoms with Crippen LogP contribution in [0.2, 0.25) is 0 Å². The highest BCUT2D eigenvalue weighted by atomic mass is 32.1. The van der Waals surface area contributed by atoms with E-state index < -0.39 is 28.8 Å². The summed E-state index contributed by atoms with van der Waals surface area (Å²) < 4.78 is 15.6. The van der Waals surface area contributed by atoms with Crippen molar-refractivity contribution in [1.29, 1.82) is 5.26 Å². The smallest absolute Gasteiger partial charge is 0.333 e. The predicted molar refractivity (Wildman–Crippen MR) is 143 cm³/mol. The van der Waals surface area contributed by atoms with Gasteiger partial charge in [0.05, 0.1) is 38.1 Å². The van der Waals surface area contributed by atoms with E-state index in [1.54, 1.807) is 36.1 Å². The number of thiophene rings is 1. The normalized spacial score (nSPS) is 12.4. The highest BCUT2D eigenvalue weighted by Gasteiger charge is 2.34. The monoisotopic (exact) mass is 536 g/mol. The Kier molecular flexibility index (Phi) is 7.52. The second-order valence-electron chi connectivity index (χ2n) is 9.13. The van der Waals surface area contributed by atoms with E-state index >= 15 is 0 Å². The van der Waals surface area contributed by atoms with Crippen molar-refractivity contribution in [2.75, 3.05) is 13.7 Å². The van der Waals surface area contributed by atoms with Crippen molar-refractivity contribution in [1.82, 2.24) is 18.9 Å². The van der Waals surface area contributed by atoms with Crippen LogP contribution in [-0.4, -0.2) is 38.5 Å². The molecule has 38 heavy (non-hydrogen) atoms. The van der Waals surface area contributed by atoms with Gasteiger partial charge in [-0.1, -0.05) is 29.5 Å². The molecular weight excluding hydrogens is 508 g/mol. The van der Waals surface area contributed by atoms with Crippen molar-refractivity contribution < 1.29 is 14.3 Å². The topological polar surface area (TPSA) is 147 Å². The Morgan fingerprint density at radius 1 is 1.26 bits per heavy atom. The molecule has 0 spiro atoms. The molecular formula is C26H28N6O5S. The number of nitriles is 1. The molecule has 1 atom stereocenters. The zero-order valence-electron chi connectivity index (χ0n) is 21.5. The maximum atomic E-state index is 14.0. The number of hydrogen-bond acceptors (Lipinski definition) is 8. The number of methoxy groups -OCH3 is 1. The molecule has 0 bridgehead atoms. The van der Waals surface area contributed by atoms with Crippen molar-refractivity contribution in [2.24, 2.45) is 5.73 Å². The fourth-order valence-electron chi connectivity index (χ4n) is 4.29. The summed E-state index contributed by atoms with van der Waals surface area (Å²) in [6.07, 6.45) is 2.80. The van der Waals surface area contributed by atoms with Crippen LogP contribution in [-0.2, 0) is 21.6 Å². The molecule has 4 rings (SSSR count). The number of nitrogens with zero attached hydrogens (tertiary/aromatic N) is 5. The maximum Gasteiger partial charge on any atom is 0.333 e. The molecule has 0 unspecified atom stereocenters. The first kappa shape index (κ1) is 26.8. The minimum atomic E-state index is -1.61. The molecule has 1 aromatic carbocycles. The lowest BCUT2D eigenvalue weighted by Crippen LogP contribution is -2.54. The minimum absolute atomic E-state index is 0.0191. The Balaban J connectivity index is 2.02. The molecule has 0 aliphatic carbocycles. The van der Waals surface area contributed by atoms with E-state index in [0.717, 1.165) is 4.57 Å². The first-order valence-corrected chi connectivity index (χ1v) is 12.7. The van der Waals surface area contributed by atoms with Crippen LogP contribution in [0.25, 0.3) is 15.2 Å². The lowest BCUT2D eigenvalue weighted by Gasteiger charge is -2.26. The molecule has 0 fully saturated rings. The van der Waals surface area contributed by atoms with E-state index in [9.17, 15) is 14.4 Å². The average molecular weight is 537 g/mol. The quantitative estimate of drug-likeness (QED) is 0.306. The highest BCUT2D eigenvalue weighted by molar-refractivity contribution is 7.21. The number of carbonyl (C=O) groups excluding carboxylic acids is 1. The van der Waals surface area contributed by atoms with E-state index in [2.05, 4.69) is 11.2 Å². The number of hydrogen-bond donors (Lipinski definition) is 1. The Morgan fingerprint density at radius 2 is 2.00 bits per heavy atom. The van der Waals surface area contributed by atoms with E-state index in [1.165, 1.54) is 36.9 Å². The average Bonchev–Trinajstić information content (AvgIpc) is 3.53. The van der Waals surface area contributed by atoms with Crippen molar-refractivity contribution in [3.63, 3.8) is 0 Å². The van der Waals surface area contributed by atoms with Gasteiger partial charge in [0.2, 0.25) is 5.91 Å². The number of ether oxygens (including phenoxy) is 2. The van der Waals surface area contributed by atoms with Crippen molar-refractivity contribution in [3.8, 4) is 16.8 Å². The summed E-state index contributed by atoms with van der Waals surface area (Å²) in [4.78, 5) is 40.5. The number of amides is 1. The molecule has 0 radical (unpaired) electrons. The summed E-state index contributed by atoms with van der Waals surface area (Å²) in [7, 11) is 1.53. The number of para-hydroxylation sites is 1. The molecule has 4 aromatic rings. The summed E-state index contributed by atoms with van der Waals surface area (Å²) in [5.74, 6) is -0.279. The Hall–Kier alpha value is -4.21. The molecule has 3 aromatic heterocycles. The summed E-state index contributed by atoms with van der Waals surface area (Å²) in [5.41, 5.74) is 3.99. The first-order valence-electron chi connectivity index (χ1n) is 11.8. The van der Waals surface area contributed by atoms with E-state index in [1.807, 2.05) is 18.2 Å². The predicted octanol–water partition coefficient (Wildman–Crippen LogP) is 2.62. The van der Waals surface area contributed by atoms with Gasteiger partial charge in [-0.05, 0) is 32.9 Å². The number of carbonyl (C=O) groups is 1. The summed E-state index contributed by atoms with van der Waals surface area (Å²) in [5, 5.41) is 14.3. The van der Waals surface area contributed by atoms with Gasteiger partial charge < -0.3 is 15.2 Å². The third kappa shape index (κ3) is 4.62. The number of fused-ring (bicyclic) bond motifs is 1. The van der Waals surface area contributed by atoms with E-state index in [0.29, 0.717) is 26.7 Å². The van der Waals surface area contributed by atoms with Gasteiger partial charge in [0.25, 0.3) is 5.56 Å². The largest absolute Gasteiger partial charge is 0.496 e. The molecule has 3 heterocycles. The van der Waals surface area contributed by atoms with Crippen molar-refractivity contribution >= 4 is 27.5 Å². The lowest BCUT2D eigenvalue weighted by atomic mass is 10.0. The number of benzene rings is 1. The first-order chi connectivity index (χ1) is 18.1. The zero-order valence-corrected chi connectivity index (χ0v) is 22.3.